The second-order valence-corrected chi connectivity index (χ2v) is 4.51. The van der Waals surface area contributed by atoms with Crippen LogP contribution in [-0.4, -0.2) is 64.1 Å². The van der Waals surface area contributed by atoms with Gasteiger partial charge in [0.2, 0.25) is 0 Å². The molecule has 0 aliphatic carbocycles. The van der Waals surface area contributed by atoms with Gasteiger partial charge in [-0.1, -0.05) is 5.21 Å². The van der Waals surface area contributed by atoms with Gasteiger partial charge in [0.05, 0.1) is 5.69 Å². The van der Waals surface area contributed by atoms with Gasteiger partial charge in [0.25, 0.3) is 0 Å². The molecule has 0 saturated carbocycles. The SMILES string of the molecule is CN1CCN(Cc2cn(C)nn2)C(CN)C1. The minimum atomic E-state index is 0.431. The lowest BCUT2D eigenvalue weighted by Crippen LogP contribution is -2.54. The molecule has 1 fully saturated rings. The first kappa shape index (κ1) is 11.5. The van der Waals surface area contributed by atoms with Gasteiger partial charge in [-0.25, -0.2) is 0 Å². The van der Waals surface area contributed by atoms with Gasteiger partial charge in [-0.05, 0) is 7.05 Å². The number of piperazine rings is 1. The predicted octanol–water partition coefficient (Wildman–Crippen LogP) is -1.11. The lowest BCUT2D eigenvalue weighted by atomic mass is 10.1. The smallest absolute Gasteiger partial charge is 0.0967 e. The van der Waals surface area contributed by atoms with Crippen LogP contribution >= 0.6 is 0 Å². The van der Waals surface area contributed by atoms with Gasteiger partial charge in [-0.2, -0.15) is 0 Å². The third-order valence-electron chi connectivity index (χ3n) is 3.10. The number of nitrogens with zero attached hydrogens (tertiary/aromatic N) is 5. The van der Waals surface area contributed by atoms with Crippen molar-refractivity contribution in [2.75, 3.05) is 33.2 Å². The lowest BCUT2D eigenvalue weighted by molar-refractivity contribution is 0.0870. The van der Waals surface area contributed by atoms with Crippen LogP contribution in [-0.2, 0) is 13.6 Å². The molecule has 0 amide bonds. The quantitative estimate of drug-likeness (QED) is 0.705. The van der Waals surface area contributed by atoms with Crippen LogP contribution in [0.3, 0.4) is 0 Å². The molecule has 0 spiro atoms. The van der Waals surface area contributed by atoms with Crippen molar-refractivity contribution in [2.24, 2.45) is 12.8 Å². The monoisotopic (exact) mass is 224 g/mol. The predicted molar refractivity (Wildman–Crippen MR) is 61.8 cm³/mol. The summed E-state index contributed by atoms with van der Waals surface area (Å²) in [5, 5.41) is 8.06. The van der Waals surface area contributed by atoms with Crippen LogP contribution in [0.1, 0.15) is 5.69 Å². The molecule has 1 atom stereocenters. The van der Waals surface area contributed by atoms with Crippen LogP contribution in [0.15, 0.2) is 6.20 Å². The van der Waals surface area contributed by atoms with Gasteiger partial charge < -0.3 is 10.6 Å². The van der Waals surface area contributed by atoms with Crippen LogP contribution in [0.4, 0.5) is 0 Å². The standard InChI is InChI=1S/C10H20N6/c1-14-3-4-16(10(5-11)8-14)7-9-6-15(2)13-12-9/h6,10H,3-5,7-8,11H2,1-2H3. The first-order valence-corrected chi connectivity index (χ1v) is 5.67. The van der Waals surface area contributed by atoms with E-state index in [0.717, 1.165) is 31.9 Å². The molecule has 0 aromatic carbocycles. The number of nitrogens with two attached hydrogens (primary N) is 1. The summed E-state index contributed by atoms with van der Waals surface area (Å²) in [7, 11) is 4.03. The fraction of sp³-hybridized carbons (Fsp3) is 0.800. The third-order valence-corrected chi connectivity index (χ3v) is 3.10. The Bertz CT molecular complexity index is 336. The summed E-state index contributed by atoms with van der Waals surface area (Å²) in [6, 6.07) is 0.431. The summed E-state index contributed by atoms with van der Waals surface area (Å²) >= 11 is 0. The van der Waals surface area contributed by atoms with Gasteiger partial charge in [0.15, 0.2) is 0 Å². The topological polar surface area (TPSA) is 63.2 Å². The molecule has 16 heavy (non-hydrogen) atoms. The number of aryl methyl sites for hydroxylation is 1. The lowest BCUT2D eigenvalue weighted by Gasteiger charge is -2.39. The summed E-state index contributed by atoms with van der Waals surface area (Å²) in [4.78, 5) is 4.72. The maximum atomic E-state index is 5.81. The molecule has 0 bridgehead atoms. The Morgan fingerprint density at radius 1 is 1.44 bits per heavy atom. The summed E-state index contributed by atoms with van der Waals surface area (Å²) in [6.07, 6.45) is 1.96. The van der Waals surface area contributed by atoms with E-state index in [1.165, 1.54) is 0 Å². The van der Waals surface area contributed by atoms with Crippen molar-refractivity contribution < 1.29 is 0 Å². The Kier molecular flexibility index (Phi) is 3.52. The molecule has 0 radical (unpaired) electrons. The summed E-state index contributed by atoms with van der Waals surface area (Å²) < 4.78 is 1.74. The fourth-order valence-corrected chi connectivity index (χ4v) is 2.16. The van der Waals surface area contributed by atoms with Crippen molar-refractivity contribution in [1.82, 2.24) is 24.8 Å². The normalized spacial score (nSPS) is 23.8. The third kappa shape index (κ3) is 2.58. The zero-order chi connectivity index (χ0) is 11.5. The molecule has 2 N–H and O–H groups in total. The van der Waals surface area contributed by atoms with E-state index in [1.54, 1.807) is 4.68 Å². The van der Waals surface area contributed by atoms with Crippen LogP contribution in [0.5, 0.6) is 0 Å². The molecular weight excluding hydrogens is 204 g/mol. The molecule has 90 valence electrons. The van der Waals surface area contributed by atoms with E-state index in [-0.39, 0.29) is 0 Å². The average molecular weight is 224 g/mol. The molecule has 1 saturated heterocycles. The summed E-state index contributed by atoms with van der Waals surface area (Å²) in [5.41, 5.74) is 6.82. The molecule has 2 heterocycles. The highest BCUT2D eigenvalue weighted by Gasteiger charge is 2.24. The molecule has 2 rings (SSSR count). The second kappa shape index (κ2) is 4.90. The van der Waals surface area contributed by atoms with Gasteiger partial charge in [-0.3, -0.25) is 9.58 Å². The second-order valence-electron chi connectivity index (χ2n) is 4.51. The number of rotatable bonds is 3. The first-order chi connectivity index (χ1) is 7.69. The van der Waals surface area contributed by atoms with E-state index in [2.05, 4.69) is 27.2 Å². The Morgan fingerprint density at radius 2 is 2.25 bits per heavy atom. The maximum absolute atomic E-state index is 5.81. The molecule has 1 aromatic heterocycles. The van der Waals surface area contributed by atoms with Crippen LogP contribution < -0.4 is 5.73 Å². The van der Waals surface area contributed by atoms with Crippen molar-refractivity contribution in [1.29, 1.82) is 0 Å². The van der Waals surface area contributed by atoms with E-state index in [1.807, 2.05) is 13.2 Å². The zero-order valence-corrected chi connectivity index (χ0v) is 10.0. The van der Waals surface area contributed by atoms with E-state index in [4.69, 9.17) is 5.73 Å². The Hall–Kier alpha value is -0.980. The minimum Gasteiger partial charge on any atom is -0.329 e. The zero-order valence-electron chi connectivity index (χ0n) is 10.0. The molecule has 1 unspecified atom stereocenters. The van der Waals surface area contributed by atoms with E-state index in [0.29, 0.717) is 12.6 Å². The molecule has 1 aromatic rings. The molecule has 6 nitrogen and oxygen atoms in total. The average Bonchev–Trinajstić information content (AvgIpc) is 2.67. The van der Waals surface area contributed by atoms with Gasteiger partial charge in [0.1, 0.15) is 0 Å². The Labute approximate surface area is 96.0 Å². The maximum Gasteiger partial charge on any atom is 0.0967 e. The molecular formula is C10H20N6. The minimum absolute atomic E-state index is 0.431. The summed E-state index contributed by atoms with van der Waals surface area (Å²) in [5.74, 6) is 0. The number of hydrogen-bond acceptors (Lipinski definition) is 5. The fourth-order valence-electron chi connectivity index (χ4n) is 2.16. The highest BCUT2D eigenvalue weighted by atomic mass is 15.4. The van der Waals surface area contributed by atoms with Crippen molar-refractivity contribution >= 4 is 0 Å². The van der Waals surface area contributed by atoms with Crippen molar-refractivity contribution in [2.45, 2.75) is 12.6 Å². The van der Waals surface area contributed by atoms with Crippen molar-refractivity contribution in [3.05, 3.63) is 11.9 Å². The highest BCUT2D eigenvalue weighted by molar-refractivity contribution is 4.94. The van der Waals surface area contributed by atoms with Crippen LogP contribution in [0, 0.1) is 0 Å². The van der Waals surface area contributed by atoms with Gasteiger partial charge in [-0.15, -0.1) is 5.10 Å². The first-order valence-electron chi connectivity index (χ1n) is 5.67. The van der Waals surface area contributed by atoms with E-state index >= 15 is 0 Å². The Morgan fingerprint density at radius 3 is 2.88 bits per heavy atom. The number of likely N-dealkylation sites (N-methyl/N-ethyl adjacent to an activating group) is 1. The van der Waals surface area contributed by atoms with E-state index < -0.39 is 0 Å². The van der Waals surface area contributed by atoms with Gasteiger partial charge >= 0.3 is 0 Å². The van der Waals surface area contributed by atoms with Gasteiger partial charge in [0, 0.05) is 52.0 Å². The Balaban J connectivity index is 1.97. The van der Waals surface area contributed by atoms with Crippen LogP contribution in [0.2, 0.25) is 0 Å². The van der Waals surface area contributed by atoms with Crippen molar-refractivity contribution in [3.63, 3.8) is 0 Å². The highest BCUT2D eigenvalue weighted by Crippen LogP contribution is 2.10. The number of aromatic nitrogens is 3. The number of hydrogen-bond donors (Lipinski definition) is 1. The molecule has 1 aliphatic heterocycles. The van der Waals surface area contributed by atoms with E-state index in [9.17, 15) is 0 Å². The van der Waals surface area contributed by atoms with Crippen LogP contribution in [0.25, 0.3) is 0 Å². The largest absolute Gasteiger partial charge is 0.329 e. The molecule has 1 aliphatic rings. The van der Waals surface area contributed by atoms with Crippen molar-refractivity contribution in [3.8, 4) is 0 Å². The molecule has 6 heteroatoms. The summed E-state index contributed by atoms with van der Waals surface area (Å²) in [6.45, 7) is 4.73.